The topological polar surface area (TPSA) is 26.3 Å². The normalized spacial score (nSPS) is 18.4. The molecule has 0 aromatic heterocycles. The average Bonchev–Trinajstić information content (AvgIpc) is 2.30. The molecular formula is C13H24O2S. The standard InChI is InChI=1S/C13H24O2S/c1-4-13(2,3)12(14)15-8-5-11-6-9-16-10-7-11/h11H,4-10H2,1-3H3. The molecule has 3 heteroatoms. The molecule has 1 aliphatic heterocycles. The summed E-state index contributed by atoms with van der Waals surface area (Å²) < 4.78 is 5.35. The number of ether oxygens (including phenoxy) is 1. The van der Waals surface area contributed by atoms with Crippen LogP contribution in [0.2, 0.25) is 0 Å². The highest BCUT2D eigenvalue weighted by molar-refractivity contribution is 7.99. The Kier molecular flexibility index (Phi) is 5.67. The van der Waals surface area contributed by atoms with Crippen LogP contribution in [0.4, 0.5) is 0 Å². The average molecular weight is 244 g/mol. The number of carbonyl (C=O) groups is 1. The van der Waals surface area contributed by atoms with Gasteiger partial charge in [-0.05, 0) is 57.0 Å². The highest BCUT2D eigenvalue weighted by atomic mass is 32.2. The third kappa shape index (κ3) is 4.36. The van der Waals surface area contributed by atoms with Gasteiger partial charge in [-0.25, -0.2) is 0 Å². The van der Waals surface area contributed by atoms with E-state index in [9.17, 15) is 4.79 Å². The summed E-state index contributed by atoms with van der Waals surface area (Å²) in [5.41, 5.74) is -0.317. The molecule has 0 aromatic carbocycles. The van der Waals surface area contributed by atoms with Crippen molar-refractivity contribution in [3.8, 4) is 0 Å². The zero-order valence-corrected chi connectivity index (χ0v) is 11.6. The Balaban J connectivity index is 2.17. The van der Waals surface area contributed by atoms with Crippen LogP contribution in [-0.2, 0) is 9.53 Å². The van der Waals surface area contributed by atoms with Crippen molar-refractivity contribution < 1.29 is 9.53 Å². The fourth-order valence-electron chi connectivity index (χ4n) is 1.69. The molecule has 0 aromatic rings. The molecule has 0 atom stereocenters. The highest BCUT2D eigenvalue weighted by Gasteiger charge is 2.27. The van der Waals surface area contributed by atoms with E-state index >= 15 is 0 Å². The maximum atomic E-state index is 11.7. The third-order valence-corrected chi connectivity index (χ3v) is 4.59. The van der Waals surface area contributed by atoms with Crippen LogP contribution in [0.25, 0.3) is 0 Å². The van der Waals surface area contributed by atoms with Crippen molar-refractivity contribution in [3.63, 3.8) is 0 Å². The largest absolute Gasteiger partial charge is 0.465 e. The monoisotopic (exact) mass is 244 g/mol. The summed E-state index contributed by atoms with van der Waals surface area (Å²) in [6.07, 6.45) is 4.47. The van der Waals surface area contributed by atoms with E-state index in [0.717, 1.165) is 18.8 Å². The predicted octanol–water partition coefficient (Wildman–Crippen LogP) is 3.50. The third-order valence-electron chi connectivity index (χ3n) is 3.54. The second-order valence-corrected chi connectivity index (χ2v) is 6.44. The van der Waals surface area contributed by atoms with Crippen molar-refractivity contribution in [2.24, 2.45) is 11.3 Å². The first-order valence-corrected chi connectivity index (χ1v) is 7.46. The first-order valence-electron chi connectivity index (χ1n) is 6.31. The van der Waals surface area contributed by atoms with Crippen molar-refractivity contribution >= 4 is 17.7 Å². The first-order chi connectivity index (χ1) is 7.56. The molecule has 2 nitrogen and oxygen atoms in total. The molecule has 0 spiro atoms. The van der Waals surface area contributed by atoms with Gasteiger partial charge in [-0.3, -0.25) is 4.79 Å². The van der Waals surface area contributed by atoms with Crippen molar-refractivity contribution in [1.82, 2.24) is 0 Å². The summed E-state index contributed by atoms with van der Waals surface area (Å²) in [4.78, 5) is 11.7. The number of hydrogen-bond donors (Lipinski definition) is 0. The van der Waals surface area contributed by atoms with Crippen LogP contribution in [0.5, 0.6) is 0 Å². The summed E-state index contributed by atoms with van der Waals surface area (Å²) in [6.45, 7) is 6.54. The highest BCUT2D eigenvalue weighted by Crippen LogP contribution is 2.26. The zero-order chi connectivity index (χ0) is 12.0. The second kappa shape index (κ2) is 6.53. The lowest BCUT2D eigenvalue weighted by molar-refractivity contribution is -0.154. The molecule has 0 amide bonds. The molecule has 0 unspecified atom stereocenters. The van der Waals surface area contributed by atoms with Crippen LogP contribution in [0, 0.1) is 11.3 Å². The van der Waals surface area contributed by atoms with Gasteiger partial charge in [0, 0.05) is 0 Å². The molecule has 1 saturated heterocycles. The minimum Gasteiger partial charge on any atom is -0.465 e. The van der Waals surface area contributed by atoms with Gasteiger partial charge in [-0.2, -0.15) is 11.8 Å². The van der Waals surface area contributed by atoms with Gasteiger partial charge in [0.1, 0.15) is 0 Å². The van der Waals surface area contributed by atoms with E-state index < -0.39 is 0 Å². The van der Waals surface area contributed by atoms with Gasteiger partial charge < -0.3 is 4.74 Å². The zero-order valence-electron chi connectivity index (χ0n) is 10.8. The lowest BCUT2D eigenvalue weighted by atomic mass is 9.90. The Morgan fingerprint density at radius 3 is 2.56 bits per heavy atom. The van der Waals surface area contributed by atoms with Crippen LogP contribution in [0.15, 0.2) is 0 Å². The van der Waals surface area contributed by atoms with Crippen LogP contribution in [-0.4, -0.2) is 24.1 Å². The number of rotatable bonds is 5. The molecular weight excluding hydrogens is 220 g/mol. The summed E-state index contributed by atoms with van der Waals surface area (Å²) >= 11 is 2.04. The maximum absolute atomic E-state index is 11.7. The Morgan fingerprint density at radius 1 is 1.38 bits per heavy atom. The minimum atomic E-state index is -0.317. The van der Waals surface area contributed by atoms with Crippen LogP contribution >= 0.6 is 11.8 Å². The van der Waals surface area contributed by atoms with Crippen LogP contribution in [0.3, 0.4) is 0 Å². The lowest BCUT2D eigenvalue weighted by Crippen LogP contribution is -2.26. The van der Waals surface area contributed by atoms with Gasteiger partial charge in [0.2, 0.25) is 0 Å². The summed E-state index contributed by atoms with van der Waals surface area (Å²) in [5, 5.41) is 0. The molecule has 0 radical (unpaired) electrons. The number of esters is 1. The molecule has 1 aliphatic rings. The van der Waals surface area contributed by atoms with E-state index in [2.05, 4.69) is 0 Å². The quantitative estimate of drug-likeness (QED) is 0.692. The van der Waals surface area contributed by atoms with Gasteiger partial charge >= 0.3 is 5.97 Å². The molecule has 1 fully saturated rings. The Labute approximate surface area is 104 Å². The van der Waals surface area contributed by atoms with E-state index in [1.807, 2.05) is 32.5 Å². The number of carbonyl (C=O) groups excluding carboxylic acids is 1. The van der Waals surface area contributed by atoms with E-state index in [4.69, 9.17) is 4.74 Å². The molecule has 0 aliphatic carbocycles. The van der Waals surface area contributed by atoms with E-state index in [-0.39, 0.29) is 11.4 Å². The van der Waals surface area contributed by atoms with Crippen molar-refractivity contribution in [1.29, 1.82) is 0 Å². The number of hydrogen-bond acceptors (Lipinski definition) is 3. The summed E-state index contributed by atoms with van der Waals surface area (Å²) in [6, 6.07) is 0. The van der Waals surface area contributed by atoms with Crippen LogP contribution < -0.4 is 0 Å². The molecule has 1 heterocycles. The SMILES string of the molecule is CCC(C)(C)C(=O)OCCC1CCSCC1. The van der Waals surface area contributed by atoms with Gasteiger partial charge in [0.15, 0.2) is 0 Å². The summed E-state index contributed by atoms with van der Waals surface area (Å²) in [5.74, 6) is 3.29. The molecule has 94 valence electrons. The smallest absolute Gasteiger partial charge is 0.311 e. The van der Waals surface area contributed by atoms with Gasteiger partial charge in [0.05, 0.1) is 12.0 Å². The molecule has 1 rings (SSSR count). The Hall–Kier alpha value is -0.180. The molecule has 0 N–H and O–H groups in total. The fourth-order valence-corrected chi connectivity index (χ4v) is 2.90. The predicted molar refractivity (Wildman–Crippen MR) is 69.7 cm³/mol. The van der Waals surface area contributed by atoms with Gasteiger partial charge in [-0.1, -0.05) is 6.92 Å². The van der Waals surface area contributed by atoms with Crippen LogP contribution in [0.1, 0.15) is 46.5 Å². The van der Waals surface area contributed by atoms with E-state index in [0.29, 0.717) is 6.61 Å². The Morgan fingerprint density at radius 2 is 2.00 bits per heavy atom. The maximum Gasteiger partial charge on any atom is 0.311 e. The van der Waals surface area contributed by atoms with E-state index in [1.54, 1.807) is 0 Å². The minimum absolute atomic E-state index is 0.0415. The first kappa shape index (κ1) is 13.9. The fraction of sp³-hybridized carbons (Fsp3) is 0.923. The van der Waals surface area contributed by atoms with Crippen molar-refractivity contribution in [2.75, 3.05) is 18.1 Å². The van der Waals surface area contributed by atoms with Gasteiger partial charge in [0.25, 0.3) is 0 Å². The van der Waals surface area contributed by atoms with Crippen molar-refractivity contribution in [2.45, 2.75) is 46.5 Å². The lowest BCUT2D eigenvalue weighted by Gasteiger charge is -2.23. The van der Waals surface area contributed by atoms with Crippen molar-refractivity contribution in [3.05, 3.63) is 0 Å². The number of thioether (sulfide) groups is 1. The Bertz CT molecular complexity index is 220. The summed E-state index contributed by atoms with van der Waals surface area (Å²) in [7, 11) is 0. The van der Waals surface area contributed by atoms with E-state index in [1.165, 1.54) is 24.3 Å². The van der Waals surface area contributed by atoms with Gasteiger partial charge in [-0.15, -0.1) is 0 Å². The molecule has 0 bridgehead atoms. The molecule has 16 heavy (non-hydrogen) atoms. The second-order valence-electron chi connectivity index (χ2n) is 5.22. The molecule has 0 saturated carbocycles.